The lowest BCUT2D eigenvalue weighted by Gasteiger charge is -2.27. The van der Waals surface area contributed by atoms with Crippen molar-refractivity contribution in [1.29, 1.82) is 0 Å². The number of aliphatic hydroxyl groups excluding tert-OH is 1. The van der Waals surface area contributed by atoms with Crippen LogP contribution in [-0.2, 0) is 4.79 Å². The van der Waals surface area contributed by atoms with Crippen LogP contribution in [0.3, 0.4) is 0 Å². The van der Waals surface area contributed by atoms with Crippen LogP contribution in [0.15, 0.2) is 0 Å². The summed E-state index contributed by atoms with van der Waals surface area (Å²) in [6.45, 7) is 2.14. The van der Waals surface area contributed by atoms with E-state index >= 15 is 0 Å². The van der Waals surface area contributed by atoms with E-state index in [0.717, 1.165) is 19.3 Å². The molecule has 1 aliphatic rings. The molecule has 12 heavy (non-hydrogen) atoms. The molecule has 3 heteroatoms. The van der Waals surface area contributed by atoms with E-state index in [1.807, 2.05) is 0 Å². The van der Waals surface area contributed by atoms with Crippen LogP contribution in [0, 0.1) is 5.92 Å². The number of carbonyl (C=O) groups is 1. The summed E-state index contributed by atoms with van der Waals surface area (Å²) >= 11 is 0. The van der Waals surface area contributed by atoms with Crippen LogP contribution in [0.2, 0.25) is 0 Å². The number of hydrogen-bond donors (Lipinski definition) is 2. The van der Waals surface area contributed by atoms with Crippen molar-refractivity contribution >= 4 is 5.91 Å². The van der Waals surface area contributed by atoms with Gasteiger partial charge in [0.1, 0.15) is 0 Å². The fourth-order valence-electron chi connectivity index (χ4n) is 1.70. The highest BCUT2D eigenvalue weighted by Crippen LogP contribution is 2.23. The minimum absolute atomic E-state index is 0.00669. The van der Waals surface area contributed by atoms with Crippen LogP contribution in [0.25, 0.3) is 0 Å². The molecule has 0 saturated heterocycles. The number of rotatable bonds is 2. The Morgan fingerprint density at radius 2 is 2.17 bits per heavy atom. The van der Waals surface area contributed by atoms with Crippen molar-refractivity contribution in [2.75, 3.05) is 6.54 Å². The van der Waals surface area contributed by atoms with Crippen molar-refractivity contribution in [3.63, 3.8) is 0 Å². The molecule has 70 valence electrons. The zero-order valence-electron chi connectivity index (χ0n) is 7.55. The SMILES string of the molecule is CC(=O)NC[C@@H]1CCCC[C@H]1O. The first-order chi connectivity index (χ1) is 5.70. The third kappa shape index (κ3) is 2.81. The van der Waals surface area contributed by atoms with Gasteiger partial charge >= 0.3 is 0 Å². The maximum Gasteiger partial charge on any atom is 0.216 e. The van der Waals surface area contributed by atoms with Gasteiger partial charge in [0.05, 0.1) is 6.10 Å². The molecule has 0 bridgehead atoms. The van der Waals surface area contributed by atoms with E-state index in [2.05, 4.69) is 5.32 Å². The zero-order chi connectivity index (χ0) is 8.97. The molecule has 0 radical (unpaired) electrons. The molecule has 0 aromatic carbocycles. The first-order valence-electron chi connectivity index (χ1n) is 4.62. The highest BCUT2D eigenvalue weighted by atomic mass is 16.3. The highest BCUT2D eigenvalue weighted by Gasteiger charge is 2.22. The first-order valence-corrected chi connectivity index (χ1v) is 4.62. The Bertz CT molecular complexity index is 159. The molecule has 1 saturated carbocycles. The van der Waals surface area contributed by atoms with E-state index in [4.69, 9.17) is 0 Å². The Kier molecular flexibility index (Phi) is 3.53. The molecule has 0 spiro atoms. The molecule has 2 N–H and O–H groups in total. The molecule has 3 nitrogen and oxygen atoms in total. The van der Waals surface area contributed by atoms with Gasteiger partial charge in [0.2, 0.25) is 5.91 Å². The summed E-state index contributed by atoms with van der Waals surface area (Å²) < 4.78 is 0. The normalized spacial score (nSPS) is 29.8. The van der Waals surface area contributed by atoms with Crippen molar-refractivity contribution in [2.45, 2.75) is 38.7 Å². The summed E-state index contributed by atoms with van der Waals surface area (Å²) in [5.41, 5.74) is 0. The van der Waals surface area contributed by atoms with Crippen molar-refractivity contribution in [1.82, 2.24) is 5.32 Å². The van der Waals surface area contributed by atoms with Gasteiger partial charge in [0.15, 0.2) is 0 Å². The van der Waals surface area contributed by atoms with Gasteiger partial charge in [-0.2, -0.15) is 0 Å². The standard InChI is InChI=1S/C9H17NO2/c1-7(11)10-6-8-4-2-3-5-9(8)12/h8-9,12H,2-6H2,1H3,(H,10,11)/t8-,9+/m0/s1. The number of amides is 1. The lowest BCUT2D eigenvalue weighted by Crippen LogP contribution is -2.35. The second-order valence-corrected chi connectivity index (χ2v) is 3.55. The van der Waals surface area contributed by atoms with E-state index in [1.54, 1.807) is 0 Å². The fraction of sp³-hybridized carbons (Fsp3) is 0.889. The third-order valence-corrected chi connectivity index (χ3v) is 2.48. The van der Waals surface area contributed by atoms with Crippen LogP contribution >= 0.6 is 0 Å². The smallest absolute Gasteiger partial charge is 0.216 e. The van der Waals surface area contributed by atoms with Crippen molar-refractivity contribution < 1.29 is 9.90 Å². The minimum Gasteiger partial charge on any atom is -0.393 e. The van der Waals surface area contributed by atoms with Gasteiger partial charge in [-0.1, -0.05) is 12.8 Å². The van der Waals surface area contributed by atoms with Crippen LogP contribution in [0.1, 0.15) is 32.6 Å². The van der Waals surface area contributed by atoms with Gasteiger partial charge in [-0.3, -0.25) is 4.79 Å². The van der Waals surface area contributed by atoms with Crippen LogP contribution < -0.4 is 5.32 Å². The van der Waals surface area contributed by atoms with Crippen LogP contribution in [0.4, 0.5) is 0 Å². The van der Waals surface area contributed by atoms with Gasteiger partial charge in [-0.25, -0.2) is 0 Å². The fourth-order valence-corrected chi connectivity index (χ4v) is 1.70. The van der Waals surface area contributed by atoms with Gasteiger partial charge in [0, 0.05) is 19.4 Å². The molecule has 2 atom stereocenters. The molecule has 1 aliphatic carbocycles. The molecule has 0 heterocycles. The summed E-state index contributed by atoms with van der Waals surface area (Å²) in [6, 6.07) is 0. The molecule has 0 aliphatic heterocycles. The summed E-state index contributed by atoms with van der Waals surface area (Å²) in [5, 5.41) is 12.3. The van der Waals surface area contributed by atoms with Gasteiger partial charge in [-0.15, -0.1) is 0 Å². The first kappa shape index (κ1) is 9.52. The summed E-state index contributed by atoms with van der Waals surface area (Å²) in [4.78, 5) is 10.6. The van der Waals surface area contributed by atoms with Crippen molar-refractivity contribution in [3.8, 4) is 0 Å². The second kappa shape index (κ2) is 4.45. The maximum atomic E-state index is 10.6. The Morgan fingerprint density at radius 3 is 2.75 bits per heavy atom. The van der Waals surface area contributed by atoms with E-state index in [0.29, 0.717) is 6.54 Å². The molecule has 0 aromatic rings. The van der Waals surface area contributed by atoms with Gasteiger partial charge in [0.25, 0.3) is 0 Å². The monoisotopic (exact) mass is 171 g/mol. The Labute approximate surface area is 73.2 Å². The van der Waals surface area contributed by atoms with Gasteiger partial charge in [-0.05, 0) is 12.8 Å². The van der Waals surface area contributed by atoms with Crippen molar-refractivity contribution in [3.05, 3.63) is 0 Å². The van der Waals surface area contributed by atoms with E-state index in [-0.39, 0.29) is 17.9 Å². The average Bonchev–Trinajstić information content (AvgIpc) is 2.03. The molecular formula is C9H17NO2. The quantitative estimate of drug-likeness (QED) is 0.641. The highest BCUT2D eigenvalue weighted by molar-refractivity contribution is 5.72. The van der Waals surface area contributed by atoms with Crippen LogP contribution in [0.5, 0.6) is 0 Å². The third-order valence-electron chi connectivity index (χ3n) is 2.48. The zero-order valence-corrected chi connectivity index (χ0v) is 7.55. The maximum absolute atomic E-state index is 10.6. The Morgan fingerprint density at radius 1 is 1.50 bits per heavy atom. The predicted molar refractivity (Wildman–Crippen MR) is 46.6 cm³/mol. The second-order valence-electron chi connectivity index (χ2n) is 3.55. The predicted octanol–water partition coefficient (Wildman–Crippen LogP) is 0.674. The lowest BCUT2D eigenvalue weighted by molar-refractivity contribution is -0.119. The molecule has 0 unspecified atom stereocenters. The molecule has 0 aromatic heterocycles. The molecular weight excluding hydrogens is 154 g/mol. The Hall–Kier alpha value is -0.570. The topological polar surface area (TPSA) is 49.3 Å². The van der Waals surface area contributed by atoms with E-state index < -0.39 is 0 Å². The number of nitrogens with one attached hydrogen (secondary N) is 1. The minimum atomic E-state index is -0.203. The molecule has 1 fully saturated rings. The lowest BCUT2D eigenvalue weighted by atomic mass is 9.86. The molecule has 1 rings (SSSR count). The summed E-state index contributed by atoms with van der Waals surface area (Å²) in [5.74, 6) is 0.274. The largest absolute Gasteiger partial charge is 0.393 e. The molecule has 1 amide bonds. The van der Waals surface area contributed by atoms with Gasteiger partial charge < -0.3 is 10.4 Å². The van der Waals surface area contributed by atoms with E-state index in [1.165, 1.54) is 13.3 Å². The number of hydrogen-bond acceptors (Lipinski definition) is 2. The summed E-state index contributed by atoms with van der Waals surface area (Å²) in [7, 11) is 0. The van der Waals surface area contributed by atoms with Crippen molar-refractivity contribution in [2.24, 2.45) is 5.92 Å². The Balaban J connectivity index is 2.24. The average molecular weight is 171 g/mol. The summed E-state index contributed by atoms with van der Waals surface area (Å²) in [6.07, 6.45) is 4.04. The van der Waals surface area contributed by atoms with Crippen LogP contribution in [-0.4, -0.2) is 23.7 Å². The van der Waals surface area contributed by atoms with E-state index in [9.17, 15) is 9.90 Å². The number of aliphatic hydroxyl groups is 1. The number of carbonyl (C=O) groups excluding carboxylic acids is 1.